The molecule has 0 saturated heterocycles. The van der Waals surface area contributed by atoms with E-state index < -0.39 is 0 Å². The van der Waals surface area contributed by atoms with Gasteiger partial charge in [0, 0.05) is 29.4 Å². The number of benzene rings is 2. The lowest BCUT2D eigenvalue weighted by molar-refractivity contribution is 0.0952. The molecular weight excluding hydrogens is 346 g/mol. The summed E-state index contributed by atoms with van der Waals surface area (Å²) < 4.78 is 10.6. The fourth-order valence-electron chi connectivity index (χ4n) is 2.68. The van der Waals surface area contributed by atoms with Crippen molar-refractivity contribution in [3.63, 3.8) is 0 Å². The average Bonchev–Trinajstić information content (AvgIpc) is 3.13. The van der Waals surface area contributed by atoms with Gasteiger partial charge in [0.2, 0.25) is 6.79 Å². The van der Waals surface area contributed by atoms with Gasteiger partial charge >= 0.3 is 0 Å². The van der Waals surface area contributed by atoms with Crippen molar-refractivity contribution < 1.29 is 19.1 Å². The highest BCUT2D eigenvalue weighted by Crippen LogP contribution is 2.34. The molecule has 0 atom stereocenters. The molecule has 0 aromatic heterocycles. The van der Waals surface area contributed by atoms with Crippen LogP contribution in [-0.4, -0.2) is 50.7 Å². The van der Waals surface area contributed by atoms with Gasteiger partial charge in [0.15, 0.2) is 11.5 Å². The molecule has 2 amide bonds. The van der Waals surface area contributed by atoms with Gasteiger partial charge in [-0.25, -0.2) is 0 Å². The molecule has 7 nitrogen and oxygen atoms in total. The summed E-state index contributed by atoms with van der Waals surface area (Å²) in [5, 5.41) is 5.68. The van der Waals surface area contributed by atoms with E-state index in [4.69, 9.17) is 9.47 Å². The van der Waals surface area contributed by atoms with Gasteiger partial charge in [-0.2, -0.15) is 0 Å². The number of carbonyl (C=O) groups is 2. The van der Waals surface area contributed by atoms with Crippen molar-refractivity contribution in [1.82, 2.24) is 10.2 Å². The van der Waals surface area contributed by atoms with Crippen molar-refractivity contribution in [2.75, 3.05) is 39.3 Å². The van der Waals surface area contributed by atoms with Crippen molar-refractivity contribution in [2.45, 2.75) is 6.42 Å². The van der Waals surface area contributed by atoms with Crippen LogP contribution in [0.1, 0.15) is 27.1 Å². The van der Waals surface area contributed by atoms with Gasteiger partial charge in [-0.1, -0.05) is 6.07 Å². The van der Waals surface area contributed by atoms with Crippen molar-refractivity contribution in [3.8, 4) is 11.5 Å². The summed E-state index contributed by atoms with van der Waals surface area (Å²) in [6.07, 6.45) is 0.864. The van der Waals surface area contributed by atoms with Crippen molar-refractivity contribution in [2.24, 2.45) is 0 Å². The number of rotatable bonds is 7. The molecule has 3 rings (SSSR count). The monoisotopic (exact) mass is 369 g/mol. The van der Waals surface area contributed by atoms with E-state index in [0.29, 0.717) is 34.9 Å². The molecule has 142 valence electrons. The number of anilines is 1. The van der Waals surface area contributed by atoms with Crippen LogP contribution in [0.2, 0.25) is 0 Å². The second kappa shape index (κ2) is 8.55. The first kappa shape index (κ1) is 18.7. The molecule has 0 aliphatic carbocycles. The van der Waals surface area contributed by atoms with E-state index in [9.17, 15) is 9.59 Å². The highest BCUT2D eigenvalue weighted by Gasteiger charge is 2.15. The molecule has 0 unspecified atom stereocenters. The number of ether oxygens (including phenoxy) is 2. The maximum Gasteiger partial charge on any atom is 0.255 e. The Balaban J connectivity index is 1.60. The molecule has 2 N–H and O–H groups in total. The standard InChI is InChI=1S/C20H23N3O4/c1-23(2)10-4-9-21-19(24)14-5-3-6-15(11-14)20(25)22-16-7-8-17-18(12-16)27-13-26-17/h3,5-8,11-12H,4,9-10,13H2,1-2H3,(H,21,24)(H,22,25). The Bertz CT molecular complexity index is 836. The number of amides is 2. The number of nitrogens with one attached hydrogen (secondary N) is 2. The van der Waals surface area contributed by atoms with Crippen LogP contribution in [0.5, 0.6) is 11.5 Å². The Morgan fingerprint density at radius 2 is 1.74 bits per heavy atom. The van der Waals surface area contributed by atoms with Gasteiger partial charge < -0.3 is 25.0 Å². The Hall–Kier alpha value is -3.06. The molecule has 0 bridgehead atoms. The van der Waals surface area contributed by atoms with Crippen molar-refractivity contribution in [1.29, 1.82) is 0 Å². The molecule has 7 heteroatoms. The molecule has 0 saturated carbocycles. The minimum Gasteiger partial charge on any atom is -0.454 e. The first-order chi connectivity index (χ1) is 13.0. The maximum atomic E-state index is 12.5. The van der Waals surface area contributed by atoms with E-state index in [1.807, 2.05) is 14.1 Å². The first-order valence-electron chi connectivity index (χ1n) is 8.77. The van der Waals surface area contributed by atoms with Crippen LogP contribution in [0.25, 0.3) is 0 Å². The molecule has 1 heterocycles. The molecule has 1 aliphatic heterocycles. The van der Waals surface area contributed by atoms with E-state index in [-0.39, 0.29) is 18.6 Å². The predicted octanol–water partition coefficient (Wildman–Crippen LogP) is 2.35. The molecule has 2 aromatic rings. The second-order valence-corrected chi connectivity index (χ2v) is 6.52. The summed E-state index contributed by atoms with van der Waals surface area (Å²) in [5.41, 5.74) is 1.47. The minimum atomic E-state index is -0.295. The molecule has 1 aliphatic rings. The normalized spacial score (nSPS) is 12.1. The number of hydrogen-bond donors (Lipinski definition) is 2. The van der Waals surface area contributed by atoms with E-state index in [1.165, 1.54) is 0 Å². The lowest BCUT2D eigenvalue weighted by atomic mass is 10.1. The Morgan fingerprint density at radius 1 is 1.00 bits per heavy atom. The number of nitrogens with zero attached hydrogens (tertiary/aromatic N) is 1. The fraction of sp³-hybridized carbons (Fsp3) is 0.300. The molecule has 0 fully saturated rings. The molecule has 0 radical (unpaired) electrons. The largest absolute Gasteiger partial charge is 0.454 e. The van der Waals surface area contributed by atoms with E-state index in [0.717, 1.165) is 13.0 Å². The topological polar surface area (TPSA) is 79.9 Å². The van der Waals surface area contributed by atoms with Gasteiger partial charge in [0.25, 0.3) is 11.8 Å². The number of fused-ring (bicyclic) bond motifs is 1. The van der Waals surface area contributed by atoms with Crippen molar-refractivity contribution >= 4 is 17.5 Å². The van der Waals surface area contributed by atoms with Crippen LogP contribution < -0.4 is 20.1 Å². The smallest absolute Gasteiger partial charge is 0.255 e. The van der Waals surface area contributed by atoms with Crippen LogP contribution in [0.4, 0.5) is 5.69 Å². The Kier molecular flexibility index (Phi) is 5.93. The van der Waals surface area contributed by atoms with Crippen molar-refractivity contribution in [3.05, 3.63) is 53.6 Å². The van der Waals surface area contributed by atoms with Crippen LogP contribution in [-0.2, 0) is 0 Å². The average molecular weight is 369 g/mol. The summed E-state index contributed by atoms with van der Waals surface area (Å²) >= 11 is 0. The van der Waals surface area contributed by atoms with Gasteiger partial charge in [-0.3, -0.25) is 9.59 Å². The van der Waals surface area contributed by atoms with Crippen LogP contribution >= 0.6 is 0 Å². The van der Waals surface area contributed by atoms with Gasteiger partial charge in [-0.15, -0.1) is 0 Å². The maximum absolute atomic E-state index is 12.5. The zero-order valence-corrected chi connectivity index (χ0v) is 15.5. The van der Waals surface area contributed by atoms with Crippen LogP contribution in [0, 0.1) is 0 Å². The summed E-state index contributed by atoms with van der Waals surface area (Å²) in [5.74, 6) is 0.766. The molecular formula is C20H23N3O4. The van der Waals surface area contributed by atoms with E-state index in [1.54, 1.807) is 42.5 Å². The predicted molar refractivity (Wildman–Crippen MR) is 102 cm³/mol. The number of hydrogen-bond acceptors (Lipinski definition) is 5. The van der Waals surface area contributed by atoms with Gasteiger partial charge in [0.1, 0.15) is 0 Å². The summed E-state index contributed by atoms with van der Waals surface area (Å²) in [6, 6.07) is 11.8. The zero-order chi connectivity index (χ0) is 19.2. The molecule has 27 heavy (non-hydrogen) atoms. The summed E-state index contributed by atoms with van der Waals surface area (Å²) in [6.45, 7) is 1.67. The zero-order valence-electron chi connectivity index (χ0n) is 15.5. The second-order valence-electron chi connectivity index (χ2n) is 6.52. The van der Waals surface area contributed by atoms with E-state index in [2.05, 4.69) is 15.5 Å². The minimum absolute atomic E-state index is 0.179. The lowest BCUT2D eigenvalue weighted by Crippen LogP contribution is -2.27. The van der Waals surface area contributed by atoms with Gasteiger partial charge in [0.05, 0.1) is 0 Å². The van der Waals surface area contributed by atoms with Crippen LogP contribution in [0.15, 0.2) is 42.5 Å². The third-order valence-corrected chi connectivity index (χ3v) is 4.09. The number of carbonyl (C=O) groups excluding carboxylic acids is 2. The highest BCUT2D eigenvalue weighted by atomic mass is 16.7. The Labute approximate surface area is 158 Å². The molecule has 0 spiro atoms. The highest BCUT2D eigenvalue weighted by molar-refractivity contribution is 6.06. The third-order valence-electron chi connectivity index (χ3n) is 4.09. The third kappa shape index (κ3) is 4.98. The van der Waals surface area contributed by atoms with Crippen LogP contribution in [0.3, 0.4) is 0 Å². The summed E-state index contributed by atoms with van der Waals surface area (Å²) in [7, 11) is 3.98. The fourth-order valence-corrected chi connectivity index (χ4v) is 2.68. The first-order valence-corrected chi connectivity index (χ1v) is 8.77. The Morgan fingerprint density at radius 3 is 2.52 bits per heavy atom. The quantitative estimate of drug-likeness (QED) is 0.733. The molecule has 2 aromatic carbocycles. The summed E-state index contributed by atoms with van der Waals surface area (Å²) in [4.78, 5) is 26.8. The SMILES string of the molecule is CN(C)CCCNC(=O)c1cccc(C(=O)Nc2ccc3c(c2)OCO3)c1. The lowest BCUT2D eigenvalue weighted by Gasteiger charge is -2.10. The van der Waals surface area contributed by atoms with E-state index >= 15 is 0 Å². The van der Waals surface area contributed by atoms with Gasteiger partial charge in [-0.05, 0) is 57.4 Å².